The van der Waals surface area contributed by atoms with Gasteiger partial charge in [-0.1, -0.05) is 6.92 Å². The highest BCUT2D eigenvalue weighted by molar-refractivity contribution is 9.10. The highest BCUT2D eigenvalue weighted by Crippen LogP contribution is 2.23. The third kappa shape index (κ3) is 3.65. The van der Waals surface area contributed by atoms with Gasteiger partial charge in [0.1, 0.15) is 17.5 Å². The summed E-state index contributed by atoms with van der Waals surface area (Å²) in [5.41, 5.74) is 2.58. The summed E-state index contributed by atoms with van der Waals surface area (Å²) >= 11 is 5.18. The molecular weight excluding hydrogens is 326 g/mol. The van der Waals surface area contributed by atoms with Gasteiger partial charge in [-0.05, 0) is 22.0 Å². The molecule has 102 valence electrons. The fourth-order valence-corrected chi connectivity index (χ4v) is 3.17. The molecule has 0 atom stereocenters. The van der Waals surface area contributed by atoms with Crippen molar-refractivity contribution in [3.05, 3.63) is 32.7 Å². The lowest BCUT2D eigenvalue weighted by Gasteiger charge is -2.18. The van der Waals surface area contributed by atoms with Crippen molar-refractivity contribution < 1.29 is 0 Å². The van der Waals surface area contributed by atoms with E-state index in [0.29, 0.717) is 5.82 Å². The molecule has 0 aliphatic carbocycles. The maximum absolute atomic E-state index is 5.44. The molecule has 5 nitrogen and oxygen atoms in total. The molecule has 3 N–H and O–H groups in total. The summed E-state index contributed by atoms with van der Waals surface area (Å²) in [5, 5.41) is 2.08. The van der Waals surface area contributed by atoms with Gasteiger partial charge in [0.2, 0.25) is 0 Å². The average Bonchev–Trinajstić information content (AvgIpc) is 2.83. The average molecular weight is 342 g/mol. The van der Waals surface area contributed by atoms with Crippen molar-refractivity contribution in [2.45, 2.75) is 19.9 Å². The van der Waals surface area contributed by atoms with E-state index in [1.54, 1.807) is 11.3 Å². The van der Waals surface area contributed by atoms with E-state index in [2.05, 4.69) is 47.7 Å². The van der Waals surface area contributed by atoms with E-state index in [9.17, 15) is 0 Å². The van der Waals surface area contributed by atoms with Gasteiger partial charge in [-0.15, -0.1) is 11.3 Å². The number of halogens is 1. The molecule has 2 aromatic heterocycles. The minimum Gasteiger partial charge on any atom is -0.354 e. The monoisotopic (exact) mass is 341 g/mol. The minimum atomic E-state index is 0.640. The van der Waals surface area contributed by atoms with Crippen molar-refractivity contribution in [1.82, 2.24) is 9.97 Å². The Hall–Kier alpha value is -1.18. The number of rotatable bonds is 5. The van der Waals surface area contributed by atoms with Crippen LogP contribution in [0.15, 0.2) is 22.0 Å². The lowest BCUT2D eigenvalue weighted by atomic mass is 10.4. The van der Waals surface area contributed by atoms with E-state index in [1.807, 2.05) is 20.0 Å². The summed E-state index contributed by atoms with van der Waals surface area (Å²) < 4.78 is 1.11. The summed E-state index contributed by atoms with van der Waals surface area (Å²) in [6.07, 6.45) is 0.779. The summed E-state index contributed by atoms with van der Waals surface area (Å²) in [6.45, 7) is 2.83. The Morgan fingerprint density at radius 3 is 2.79 bits per heavy atom. The zero-order valence-corrected chi connectivity index (χ0v) is 13.3. The Bertz CT molecular complexity index is 535. The zero-order chi connectivity index (χ0) is 13.8. The lowest BCUT2D eigenvalue weighted by molar-refractivity contribution is 0.866. The van der Waals surface area contributed by atoms with Crippen molar-refractivity contribution in [2.75, 3.05) is 17.4 Å². The highest BCUT2D eigenvalue weighted by atomic mass is 79.9. The van der Waals surface area contributed by atoms with Crippen LogP contribution in [0.2, 0.25) is 0 Å². The number of hydrogen-bond acceptors (Lipinski definition) is 6. The van der Waals surface area contributed by atoms with Crippen LogP contribution < -0.4 is 16.2 Å². The standard InChI is InChI=1S/C12H16BrN5S/c1-3-10-15-11(17-14)5-12(16-10)18(2)6-9-4-8(13)7-19-9/h4-5,7H,3,6,14H2,1-2H3,(H,15,16,17). The van der Waals surface area contributed by atoms with Gasteiger partial charge >= 0.3 is 0 Å². The van der Waals surface area contributed by atoms with Crippen LogP contribution in [0.4, 0.5) is 11.6 Å². The number of nitrogens with two attached hydrogens (primary N) is 1. The van der Waals surface area contributed by atoms with Crippen LogP contribution in [0.25, 0.3) is 0 Å². The molecular formula is C12H16BrN5S. The van der Waals surface area contributed by atoms with Crippen LogP contribution in [0.1, 0.15) is 17.6 Å². The Morgan fingerprint density at radius 2 is 2.21 bits per heavy atom. The van der Waals surface area contributed by atoms with Gasteiger partial charge in [-0.3, -0.25) is 0 Å². The molecule has 0 fully saturated rings. The topological polar surface area (TPSA) is 67.1 Å². The molecule has 0 bridgehead atoms. The Balaban J connectivity index is 2.20. The van der Waals surface area contributed by atoms with Crippen LogP contribution in [0.5, 0.6) is 0 Å². The maximum atomic E-state index is 5.44. The van der Waals surface area contributed by atoms with Gasteiger partial charge in [-0.2, -0.15) is 0 Å². The highest BCUT2D eigenvalue weighted by Gasteiger charge is 2.09. The molecule has 7 heteroatoms. The van der Waals surface area contributed by atoms with Crippen molar-refractivity contribution in [3.63, 3.8) is 0 Å². The largest absolute Gasteiger partial charge is 0.354 e. The van der Waals surface area contributed by atoms with E-state index in [-0.39, 0.29) is 0 Å². The van der Waals surface area contributed by atoms with Gasteiger partial charge in [0.15, 0.2) is 0 Å². The molecule has 2 heterocycles. The van der Waals surface area contributed by atoms with Crippen molar-refractivity contribution in [2.24, 2.45) is 5.84 Å². The van der Waals surface area contributed by atoms with Crippen LogP contribution in [-0.4, -0.2) is 17.0 Å². The molecule has 0 aromatic carbocycles. The quantitative estimate of drug-likeness (QED) is 0.646. The van der Waals surface area contributed by atoms with E-state index in [0.717, 1.165) is 29.1 Å². The molecule has 0 aliphatic rings. The Kier molecular flexibility index (Phi) is 4.73. The van der Waals surface area contributed by atoms with Crippen LogP contribution in [0.3, 0.4) is 0 Å². The van der Waals surface area contributed by atoms with E-state index >= 15 is 0 Å². The summed E-state index contributed by atoms with van der Waals surface area (Å²) in [7, 11) is 2.01. The molecule has 0 unspecified atom stereocenters. The molecule has 19 heavy (non-hydrogen) atoms. The van der Waals surface area contributed by atoms with Gasteiger partial charge in [0.05, 0.1) is 6.54 Å². The molecule has 2 aromatic rings. The normalized spacial score (nSPS) is 10.5. The second kappa shape index (κ2) is 6.31. The predicted molar refractivity (Wildman–Crippen MR) is 83.3 cm³/mol. The first kappa shape index (κ1) is 14.2. The second-order valence-corrected chi connectivity index (χ2v) is 6.02. The summed E-state index contributed by atoms with van der Waals surface area (Å²) in [6, 6.07) is 3.97. The SMILES string of the molecule is CCc1nc(NN)cc(N(C)Cc2cc(Br)cs2)n1. The number of hydrogen-bond donors (Lipinski definition) is 2. The molecule has 0 amide bonds. The third-order valence-electron chi connectivity index (χ3n) is 2.63. The number of nitrogens with zero attached hydrogens (tertiary/aromatic N) is 3. The van der Waals surface area contributed by atoms with E-state index in [4.69, 9.17) is 5.84 Å². The third-order valence-corrected chi connectivity index (χ3v) is 4.31. The number of nitrogen functional groups attached to an aromatic ring is 1. The first-order valence-electron chi connectivity index (χ1n) is 5.91. The van der Waals surface area contributed by atoms with Crippen molar-refractivity contribution >= 4 is 38.9 Å². The molecule has 0 saturated heterocycles. The number of nitrogens with one attached hydrogen (secondary N) is 1. The fraction of sp³-hybridized carbons (Fsp3) is 0.333. The minimum absolute atomic E-state index is 0.640. The fourth-order valence-electron chi connectivity index (χ4n) is 1.66. The van der Waals surface area contributed by atoms with Gasteiger partial charge < -0.3 is 10.3 Å². The van der Waals surface area contributed by atoms with E-state index in [1.165, 1.54) is 4.88 Å². The Labute approximate surface area is 125 Å². The first-order chi connectivity index (χ1) is 9.12. The number of hydrazine groups is 1. The lowest BCUT2D eigenvalue weighted by Crippen LogP contribution is -2.19. The number of anilines is 2. The predicted octanol–water partition coefficient (Wildman–Crippen LogP) is 2.79. The molecule has 0 saturated carbocycles. The van der Waals surface area contributed by atoms with Crippen LogP contribution >= 0.6 is 27.3 Å². The van der Waals surface area contributed by atoms with Crippen LogP contribution in [0, 0.1) is 0 Å². The molecule has 2 rings (SSSR count). The van der Waals surface area contributed by atoms with E-state index < -0.39 is 0 Å². The molecule has 0 spiro atoms. The summed E-state index contributed by atoms with van der Waals surface area (Å²) in [5.74, 6) is 7.72. The zero-order valence-electron chi connectivity index (χ0n) is 10.9. The summed E-state index contributed by atoms with van der Waals surface area (Å²) in [4.78, 5) is 12.2. The number of aromatic nitrogens is 2. The van der Waals surface area contributed by atoms with Crippen LogP contribution in [-0.2, 0) is 13.0 Å². The first-order valence-corrected chi connectivity index (χ1v) is 7.58. The van der Waals surface area contributed by atoms with Crippen molar-refractivity contribution in [3.8, 4) is 0 Å². The maximum Gasteiger partial charge on any atom is 0.145 e. The number of aryl methyl sites for hydroxylation is 1. The molecule has 0 radical (unpaired) electrons. The van der Waals surface area contributed by atoms with Crippen molar-refractivity contribution in [1.29, 1.82) is 0 Å². The van der Waals surface area contributed by atoms with Gasteiger partial charge in [0, 0.05) is 34.3 Å². The van der Waals surface area contributed by atoms with Gasteiger partial charge in [0.25, 0.3) is 0 Å². The second-order valence-electron chi connectivity index (χ2n) is 4.11. The van der Waals surface area contributed by atoms with Gasteiger partial charge in [-0.25, -0.2) is 15.8 Å². The molecule has 0 aliphatic heterocycles. The smallest absolute Gasteiger partial charge is 0.145 e. The Morgan fingerprint density at radius 1 is 1.42 bits per heavy atom. The number of thiophene rings is 1.